The quantitative estimate of drug-likeness (QED) is 0.842. The molecule has 25 heavy (non-hydrogen) atoms. The molecule has 5 nitrogen and oxygen atoms in total. The molecule has 1 aromatic rings. The van der Waals surface area contributed by atoms with Crippen LogP contribution in [0.2, 0.25) is 0 Å². The van der Waals surface area contributed by atoms with Gasteiger partial charge in [-0.25, -0.2) is 4.79 Å². The van der Waals surface area contributed by atoms with E-state index in [4.69, 9.17) is 4.74 Å². The number of halogens is 3. The number of nitrogens with one attached hydrogen (secondary N) is 1. The Morgan fingerprint density at radius 3 is 2.84 bits per heavy atom. The molecule has 1 heterocycles. The Balaban J connectivity index is 1.89. The van der Waals surface area contributed by atoms with Crippen molar-refractivity contribution in [3.05, 3.63) is 29.8 Å². The van der Waals surface area contributed by atoms with E-state index in [1.165, 1.54) is 18.2 Å². The maximum absolute atomic E-state index is 12.4. The van der Waals surface area contributed by atoms with Gasteiger partial charge in [0.2, 0.25) is 0 Å². The Labute approximate surface area is 145 Å². The van der Waals surface area contributed by atoms with Crippen molar-refractivity contribution in [3.63, 3.8) is 0 Å². The summed E-state index contributed by atoms with van der Waals surface area (Å²) in [4.78, 5) is 13.9. The number of amides is 2. The van der Waals surface area contributed by atoms with Gasteiger partial charge in [-0.3, -0.25) is 0 Å². The van der Waals surface area contributed by atoms with Crippen LogP contribution in [0.1, 0.15) is 31.7 Å². The summed E-state index contributed by atoms with van der Waals surface area (Å²) in [6.45, 7) is 3.74. The van der Waals surface area contributed by atoms with Crippen LogP contribution in [0.15, 0.2) is 24.3 Å². The Kier molecular flexibility index (Phi) is 6.92. The van der Waals surface area contributed by atoms with E-state index in [1.54, 1.807) is 11.0 Å². The van der Waals surface area contributed by atoms with Crippen molar-refractivity contribution in [1.29, 1.82) is 0 Å². The monoisotopic (exact) mass is 360 g/mol. The lowest BCUT2D eigenvalue weighted by Gasteiger charge is -2.32. The second kappa shape index (κ2) is 8.94. The van der Waals surface area contributed by atoms with Crippen molar-refractivity contribution in [1.82, 2.24) is 10.2 Å². The molecular formula is C17H23F3N2O3. The summed E-state index contributed by atoms with van der Waals surface area (Å²) in [6, 6.07) is 5.45. The topological polar surface area (TPSA) is 50.8 Å². The van der Waals surface area contributed by atoms with Crippen LogP contribution in [0, 0.1) is 0 Å². The third kappa shape index (κ3) is 6.45. The van der Waals surface area contributed by atoms with E-state index in [1.807, 2.05) is 6.92 Å². The molecule has 1 atom stereocenters. The number of rotatable bonds is 6. The first-order valence-corrected chi connectivity index (χ1v) is 8.37. The fraction of sp³-hybridized carbons (Fsp3) is 0.588. The third-order valence-electron chi connectivity index (χ3n) is 3.85. The highest BCUT2D eigenvalue weighted by Gasteiger charge is 2.32. The molecule has 140 valence electrons. The number of nitrogens with zero attached hydrogens (tertiary/aromatic N) is 1. The molecule has 0 radical (unpaired) electrons. The molecule has 0 spiro atoms. The van der Waals surface area contributed by atoms with Crippen LogP contribution in [0.3, 0.4) is 0 Å². The minimum Gasteiger partial charge on any atom is -0.405 e. The zero-order valence-corrected chi connectivity index (χ0v) is 14.1. The van der Waals surface area contributed by atoms with E-state index >= 15 is 0 Å². The van der Waals surface area contributed by atoms with Gasteiger partial charge in [0, 0.05) is 31.8 Å². The SMILES string of the molecule is CCCO[C@@H]1CCCN(C(=O)NCc2ccccc2OC(F)(F)F)C1. The van der Waals surface area contributed by atoms with Gasteiger partial charge >= 0.3 is 12.4 Å². The molecule has 0 aromatic heterocycles. The van der Waals surface area contributed by atoms with E-state index in [9.17, 15) is 18.0 Å². The van der Waals surface area contributed by atoms with Gasteiger partial charge < -0.3 is 19.7 Å². The molecule has 2 amide bonds. The third-order valence-corrected chi connectivity index (χ3v) is 3.85. The van der Waals surface area contributed by atoms with Crippen molar-refractivity contribution < 1.29 is 27.4 Å². The lowest BCUT2D eigenvalue weighted by atomic mass is 10.1. The standard InChI is InChI=1S/C17H23F3N2O3/c1-2-10-24-14-7-5-9-22(12-14)16(23)21-11-13-6-3-4-8-15(13)25-17(18,19)20/h3-4,6,8,14H,2,5,7,9-12H2,1H3,(H,21,23)/t14-/m1/s1. The van der Waals surface area contributed by atoms with Crippen molar-refractivity contribution in [2.45, 2.75) is 45.2 Å². The van der Waals surface area contributed by atoms with Gasteiger partial charge in [0.05, 0.1) is 6.10 Å². The number of para-hydroxylation sites is 1. The number of benzene rings is 1. The minimum atomic E-state index is -4.77. The molecule has 1 aromatic carbocycles. The first-order valence-electron chi connectivity index (χ1n) is 8.37. The number of ether oxygens (including phenoxy) is 2. The van der Waals surface area contributed by atoms with Crippen LogP contribution in [-0.2, 0) is 11.3 Å². The van der Waals surface area contributed by atoms with Gasteiger partial charge in [-0.15, -0.1) is 13.2 Å². The molecule has 2 rings (SSSR count). The van der Waals surface area contributed by atoms with Crippen LogP contribution in [0.5, 0.6) is 5.75 Å². The molecule has 1 saturated heterocycles. The van der Waals surface area contributed by atoms with Gasteiger partial charge in [0.15, 0.2) is 0 Å². The average Bonchev–Trinajstić information content (AvgIpc) is 2.58. The second-order valence-corrected chi connectivity index (χ2v) is 5.90. The van der Waals surface area contributed by atoms with E-state index in [2.05, 4.69) is 10.1 Å². The molecular weight excluding hydrogens is 337 g/mol. The number of carbonyl (C=O) groups excluding carboxylic acids is 1. The molecule has 1 aliphatic heterocycles. The number of carbonyl (C=O) groups is 1. The summed E-state index contributed by atoms with van der Waals surface area (Å²) in [5, 5.41) is 2.66. The van der Waals surface area contributed by atoms with Crippen molar-refractivity contribution in [3.8, 4) is 5.75 Å². The van der Waals surface area contributed by atoms with Crippen LogP contribution in [0.4, 0.5) is 18.0 Å². The molecule has 0 unspecified atom stereocenters. The van der Waals surface area contributed by atoms with Crippen LogP contribution in [-0.4, -0.2) is 43.1 Å². The normalized spacial score (nSPS) is 18.1. The largest absolute Gasteiger partial charge is 0.573 e. The molecule has 0 aliphatic carbocycles. The summed E-state index contributed by atoms with van der Waals surface area (Å²) in [5.41, 5.74) is 0.268. The van der Waals surface area contributed by atoms with Gasteiger partial charge in [-0.1, -0.05) is 25.1 Å². The molecule has 0 bridgehead atoms. The van der Waals surface area contributed by atoms with Crippen LogP contribution in [0.25, 0.3) is 0 Å². The number of likely N-dealkylation sites (tertiary alicyclic amines) is 1. The summed E-state index contributed by atoms with van der Waals surface area (Å²) in [5.74, 6) is -0.307. The lowest BCUT2D eigenvalue weighted by molar-refractivity contribution is -0.274. The fourth-order valence-corrected chi connectivity index (χ4v) is 2.70. The van der Waals surface area contributed by atoms with Gasteiger partial charge in [-0.2, -0.15) is 0 Å². The smallest absolute Gasteiger partial charge is 0.405 e. The zero-order valence-electron chi connectivity index (χ0n) is 14.1. The number of urea groups is 1. The summed E-state index contributed by atoms with van der Waals surface area (Å²) in [6.07, 6.45) is -2.09. The maximum Gasteiger partial charge on any atom is 0.573 e. The van der Waals surface area contributed by atoms with Gasteiger partial charge in [0.1, 0.15) is 5.75 Å². The first-order chi connectivity index (χ1) is 11.9. The predicted octanol–water partition coefficient (Wildman–Crippen LogP) is 3.69. The Bertz CT molecular complexity index is 566. The van der Waals surface area contributed by atoms with Crippen molar-refractivity contribution in [2.24, 2.45) is 0 Å². The number of alkyl halides is 3. The van der Waals surface area contributed by atoms with E-state index in [0.717, 1.165) is 19.3 Å². The highest BCUT2D eigenvalue weighted by atomic mass is 19.4. The van der Waals surface area contributed by atoms with E-state index in [-0.39, 0.29) is 30.0 Å². The second-order valence-electron chi connectivity index (χ2n) is 5.90. The Hall–Kier alpha value is -1.96. The molecule has 1 aliphatic rings. The molecule has 8 heteroatoms. The van der Waals surface area contributed by atoms with Crippen molar-refractivity contribution >= 4 is 6.03 Å². The Morgan fingerprint density at radius 2 is 2.12 bits per heavy atom. The van der Waals surface area contributed by atoms with E-state index in [0.29, 0.717) is 19.7 Å². The van der Waals surface area contributed by atoms with E-state index < -0.39 is 6.36 Å². The number of hydrogen-bond donors (Lipinski definition) is 1. The van der Waals surface area contributed by atoms with Gasteiger partial charge in [0.25, 0.3) is 0 Å². The predicted molar refractivity (Wildman–Crippen MR) is 86.2 cm³/mol. The molecule has 1 N–H and O–H groups in total. The number of piperidine rings is 1. The molecule has 0 saturated carbocycles. The first kappa shape index (κ1) is 19.4. The molecule has 1 fully saturated rings. The van der Waals surface area contributed by atoms with Crippen molar-refractivity contribution in [2.75, 3.05) is 19.7 Å². The summed E-state index contributed by atoms with van der Waals surface area (Å²) < 4.78 is 46.9. The highest BCUT2D eigenvalue weighted by Crippen LogP contribution is 2.26. The highest BCUT2D eigenvalue weighted by molar-refractivity contribution is 5.74. The minimum absolute atomic E-state index is 0.0142. The maximum atomic E-state index is 12.4. The summed E-state index contributed by atoms with van der Waals surface area (Å²) in [7, 11) is 0. The Morgan fingerprint density at radius 1 is 1.36 bits per heavy atom. The number of hydrogen-bond acceptors (Lipinski definition) is 3. The fourth-order valence-electron chi connectivity index (χ4n) is 2.70. The average molecular weight is 360 g/mol. The zero-order chi connectivity index (χ0) is 18.3. The lowest BCUT2D eigenvalue weighted by Crippen LogP contribution is -2.47. The summed E-state index contributed by atoms with van der Waals surface area (Å²) >= 11 is 0. The van der Waals surface area contributed by atoms with Gasteiger partial charge in [-0.05, 0) is 25.3 Å². The van der Waals surface area contributed by atoms with Crippen LogP contribution >= 0.6 is 0 Å². The van der Waals surface area contributed by atoms with Crippen LogP contribution < -0.4 is 10.1 Å².